The maximum atomic E-state index is 12.3. The fourth-order valence-electron chi connectivity index (χ4n) is 2.04. The second kappa shape index (κ2) is 6.58. The second-order valence-electron chi connectivity index (χ2n) is 5.02. The van der Waals surface area contributed by atoms with E-state index in [0.717, 1.165) is 0 Å². The van der Waals surface area contributed by atoms with Gasteiger partial charge >= 0.3 is 5.97 Å². The van der Waals surface area contributed by atoms with Crippen molar-refractivity contribution >= 4 is 39.2 Å². The number of rotatable bonds is 5. The minimum Gasteiger partial charge on any atom is -0.478 e. The van der Waals surface area contributed by atoms with Gasteiger partial charge in [-0.2, -0.15) is 0 Å². The topological polar surface area (TPSA) is 113 Å². The van der Waals surface area contributed by atoms with E-state index in [-0.39, 0.29) is 11.3 Å². The average Bonchev–Trinajstić information content (AvgIpc) is 2.46. The third kappa shape index (κ3) is 3.90. The number of carbonyl (C=O) groups is 2. The van der Waals surface area contributed by atoms with Gasteiger partial charge < -0.3 is 5.11 Å². The van der Waals surface area contributed by atoms with Gasteiger partial charge in [-0.25, -0.2) is 18.2 Å². The van der Waals surface area contributed by atoms with Gasteiger partial charge in [-0.15, -0.1) is 0 Å². The van der Waals surface area contributed by atoms with Gasteiger partial charge in [0.15, 0.2) is 0 Å². The molecule has 1 amide bonds. The lowest BCUT2D eigenvalue weighted by Crippen LogP contribution is -2.34. The maximum Gasteiger partial charge on any atom is 0.338 e. The van der Waals surface area contributed by atoms with Gasteiger partial charge in [0.05, 0.1) is 11.3 Å². The van der Waals surface area contributed by atoms with Crippen LogP contribution in [-0.4, -0.2) is 31.1 Å². The molecular weight excluding hydrogens is 356 g/mol. The number of halogens is 1. The number of hydrogen-bond acceptors (Lipinski definition) is 4. The monoisotopic (exact) mass is 368 g/mol. The number of sulfonamides is 1. The van der Waals surface area contributed by atoms with E-state index in [1.807, 2.05) is 4.72 Å². The highest BCUT2D eigenvalue weighted by Gasteiger charge is 2.31. The minimum atomic E-state index is -4.03. The van der Waals surface area contributed by atoms with E-state index >= 15 is 0 Å². The summed E-state index contributed by atoms with van der Waals surface area (Å²) >= 11 is 5.73. The van der Waals surface area contributed by atoms with Gasteiger partial charge in [0.1, 0.15) is 5.70 Å². The molecule has 0 aliphatic carbocycles. The van der Waals surface area contributed by atoms with Gasteiger partial charge in [-0.05, 0) is 24.6 Å². The Bertz CT molecular complexity index is 898. The van der Waals surface area contributed by atoms with Crippen LogP contribution in [0.4, 0.5) is 0 Å². The fourth-order valence-corrected chi connectivity index (χ4v) is 3.37. The largest absolute Gasteiger partial charge is 0.478 e. The zero-order chi connectivity index (χ0) is 18.1. The van der Waals surface area contributed by atoms with Gasteiger partial charge in [0.25, 0.3) is 5.91 Å². The first-order chi connectivity index (χ1) is 11.1. The number of aliphatic imine (C=N–C) groups is 1. The Morgan fingerprint density at radius 1 is 1.33 bits per heavy atom. The molecule has 1 aliphatic rings. The number of benzene rings is 1. The van der Waals surface area contributed by atoms with E-state index in [2.05, 4.69) is 11.6 Å². The number of amides is 1. The number of carboxylic acid groups (broad SMARTS) is 1. The predicted molar refractivity (Wildman–Crippen MR) is 89.1 cm³/mol. The van der Waals surface area contributed by atoms with Crippen LogP contribution in [0.1, 0.15) is 12.5 Å². The maximum absolute atomic E-state index is 12.3. The molecule has 1 aromatic rings. The zero-order valence-corrected chi connectivity index (χ0v) is 14.1. The van der Waals surface area contributed by atoms with Crippen molar-refractivity contribution in [3.05, 3.63) is 58.3 Å². The highest BCUT2D eigenvalue weighted by atomic mass is 35.5. The third-order valence-corrected chi connectivity index (χ3v) is 4.69. The molecule has 2 N–H and O–H groups in total. The number of dihydropyridines is 1. The van der Waals surface area contributed by atoms with Crippen molar-refractivity contribution in [1.29, 1.82) is 0 Å². The van der Waals surface area contributed by atoms with Crippen LogP contribution in [0.3, 0.4) is 0 Å². The molecule has 0 atom stereocenters. The number of carboxylic acids is 1. The minimum absolute atomic E-state index is 0.0220. The smallest absolute Gasteiger partial charge is 0.338 e. The molecular formula is C15H13ClN2O5S. The summed E-state index contributed by atoms with van der Waals surface area (Å²) in [6.07, 6.45) is 0. The van der Waals surface area contributed by atoms with Crippen LogP contribution in [0.5, 0.6) is 0 Å². The molecule has 126 valence electrons. The quantitative estimate of drug-likeness (QED) is 0.820. The summed E-state index contributed by atoms with van der Waals surface area (Å²) in [5.41, 5.74) is -0.602. The predicted octanol–water partition coefficient (Wildman–Crippen LogP) is 1.66. The SMILES string of the molecule is C=C1C(C)=NC(=O)C(NS(=O)(=O)Cc2ccc(Cl)cc2)=C1C(=O)O. The van der Waals surface area contributed by atoms with Crippen molar-refractivity contribution in [2.45, 2.75) is 12.7 Å². The molecule has 0 radical (unpaired) electrons. The summed E-state index contributed by atoms with van der Waals surface area (Å²) in [6, 6.07) is 6.07. The van der Waals surface area contributed by atoms with Crippen LogP contribution in [-0.2, 0) is 25.4 Å². The lowest BCUT2D eigenvalue weighted by molar-refractivity contribution is -0.132. The first-order valence-corrected chi connectivity index (χ1v) is 8.65. The average molecular weight is 369 g/mol. The molecule has 1 heterocycles. The van der Waals surface area contributed by atoms with Crippen LogP contribution >= 0.6 is 11.6 Å². The molecule has 7 nitrogen and oxygen atoms in total. The van der Waals surface area contributed by atoms with E-state index in [1.54, 1.807) is 0 Å². The molecule has 0 saturated carbocycles. The second-order valence-corrected chi connectivity index (χ2v) is 7.18. The molecule has 9 heteroatoms. The Morgan fingerprint density at radius 3 is 2.46 bits per heavy atom. The molecule has 0 bridgehead atoms. The summed E-state index contributed by atoms with van der Waals surface area (Å²) in [6.45, 7) is 4.95. The lowest BCUT2D eigenvalue weighted by atomic mass is 9.99. The Morgan fingerprint density at radius 2 is 1.92 bits per heavy atom. The van der Waals surface area contributed by atoms with Crippen molar-refractivity contribution in [2.75, 3.05) is 0 Å². The molecule has 24 heavy (non-hydrogen) atoms. The highest BCUT2D eigenvalue weighted by Crippen LogP contribution is 2.22. The lowest BCUT2D eigenvalue weighted by Gasteiger charge is -2.18. The molecule has 2 rings (SSSR count). The van der Waals surface area contributed by atoms with Gasteiger partial charge in [0.2, 0.25) is 10.0 Å². The Kier molecular flexibility index (Phi) is 4.91. The molecule has 0 aromatic heterocycles. The molecule has 1 aromatic carbocycles. The van der Waals surface area contributed by atoms with Crippen molar-refractivity contribution in [2.24, 2.45) is 4.99 Å². The van der Waals surface area contributed by atoms with Crippen LogP contribution in [0.2, 0.25) is 5.02 Å². The summed E-state index contributed by atoms with van der Waals surface area (Å²) in [7, 11) is -4.03. The zero-order valence-electron chi connectivity index (χ0n) is 12.5. The highest BCUT2D eigenvalue weighted by molar-refractivity contribution is 7.88. The number of aliphatic carboxylic acids is 1. The molecule has 0 saturated heterocycles. The van der Waals surface area contributed by atoms with Crippen molar-refractivity contribution in [3.8, 4) is 0 Å². The van der Waals surface area contributed by atoms with Crippen molar-refractivity contribution in [3.63, 3.8) is 0 Å². The van der Waals surface area contributed by atoms with Gasteiger partial charge in [0, 0.05) is 16.3 Å². The van der Waals surface area contributed by atoms with Gasteiger partial charge in [-0.3, -0.25) is 9.52 Å². The van der Waals surface area contributed by atoms with E-state index in [9.17, 15) is 23.1 Å². The normalized spacial score (nSPS) is 15.3. The third-order valence-electron chi connectivity index (χ3n) is 3.21. The van der Waals surface area contributed by atoms with E-state index in [1.165, 1.54) is 31.2 Å². The molecule has 0 fully saturated rings. The summed E-state index contributed by atoms with van der Waals surface area (Å²) in [5.74, 6) is -2.90. The first-order valence-electron chi connectivity index (χ1n) is 6.62. The van der Waals surface area contributed by atoms with Crippen LogP contribution in [0, 0.1) is 0 Å². The fraction of sp³-hybridized carbons (Fsp3) is 0.133. The summed E-state index contributed by atoms with van der Waals surface area (Å²) in [5, 5.41) is 9.70. The number of carbonyl (C=O) groups excluding carboxylic acids is 1. The Balaban J connectivity index is 2.35. The van der Waals surface area contributed by atoms with E-state index in [4.69, 9.17) is 11.6 Å². The summed E-state index contributed by atoms with van der Waals surface area (Å²) < 4.78 is 26.5. The van der Waals surface area contributed by atoms with E-state index < -0.39 is 38.9 Å². The van der Waals surface area contributed by atoms with Crippen LogP contribution < -0.4 is 4.72 Å². The first kappa shape index (κ1) is 17.9. The summed E-state index contributed by atoms with van der Waals surface area (Å²) in [4.78, 5) is 26.9. The standard InChI is InChI=1S/C15H13ClN2O5S/c1-8-9(2)17-14(19)13(12(8)15(20)21)18-24(22,23)7-10-3-5-11(16)6-4-10/h3-6,18H,1,7H2,2H3,(H,20,21). The molecule has 0 unspecified atom stereocenters. The van der Waals surface area contributed by atoms with E-state index in [0.29, 0.717) is 10.6 Å². The number of nitrogens with zero attached hydrogens (tertiary/aromatic N) is 1. The Labute approximate surface area is 143 Å². The van der Waals surface area contributed by atoms with Crippen molar-refractivity contribution in [1.82, 2.24) is 4.72 Å². The Hall–Kier alpha value is -2.45. The number of hydrogen-bond donors (Lipinski definition) is 2. The van der Waals surface area contributed by atoms with Gasteiger partial charge in [-0.1, -0.05) is 30.3 Å². The molecule has 0 spiro atoms. The number of nitrogens with one attached hydrogen (secondary N) is 1. The molecule has 1 aliphatic heterocycles. The van der Waals surface area contributed by atoms with Crippen LogP contribution in [0.15, 0.2) is 52.7 Å². The van der Waals surface area contributed by atoms with Crippen molar-refractivity contribution < 1.29 is 23.1 Å². The van der Waals surface area contributed by atoms with Crippen LogP contribution in [0.25, 0.3) is 0 Å².